The summed E-state index contributed by atoms with van der Waals surface area (Å²) in [6, 6.07) is 7.18. The van der Waals surface area contributed by atoms with Crippen LogP contribution in [0, 0.1) is 11.8 Å². The predicted octanol–water partition coefficient (Wildman–Crippen LogP) is 1.37. The Morgan fingerprint density at radius 1 is 1.06 bits per heavy atom. The van der Waals surface area contributed by atoms with Crippen molar-refractivity contribution in [2.75, 3.05) is 11.5 Å². The molecule has 2 amide bonds. The Hall–Kier alpha value is -1.68. The molecule has 0 saturated carbocycles. The van der Waals surface area contributed by atoms with Gasteiger partial charge in [-0.2, -0.15) is 0 Å². The molecule has 0 spiro atoms. The van der Waals surface area contributed by atoms with Crippen LogP contribution in [-0.2, 0) is 16.0 Å². The maximum Gasteiger partial charge on any atom is 0.237 e. The summed E-state index contributed by atoms with van der Waals surface area (Å²) in [6.07, 6.45) is 0.578. The summed E-state index contributed by atoms with van der Waals surface area (Å²) >= 11 is 0. The Kier molecular flexibility index (Phi) is 3.48. The molecule has 0 aliphatic carbocycles. The average molecular weight is 247 g/mol. The third kappa shape index (κ3) is 2.04. The molecule has 4 heteroatoms. The van der Waals surface area contributed by atoms with Crippen LogP contribution in [-0.4, -0.2) is 23.5 Å². The summed E-state index contributed by atoms with van der Waals surface area (Å²) in [5.74, 6) is -0.783. The van der Waals surface area contributed by atoms with Gasteiger partial charge in [0.25, 0.3) is 0 Å². The van der Waals surface area contributed by atoms with E-state index in [1.165, 1.54) is 4.90 Å². The van der Waals surface area contributed by atoms with Gasteiger partial charge in [-0.25, -0.2) is 0 Å². The molecule has 0 bridgehead atoms. The number of anilines is 1. The second-order valence-corrected chi connectivity index (χ2v) is 4.73. The predicted molar refractivity (Wildman–Crippen MR) is 68.1 cm³/mol. The molecule has 1 N–H and O–H groups in total. The monoisotopic (exact) mass is 247 g/mol. The van der Waals surface area contributed by atoms with Crippen LogP contribution < -0.4 is 4.90 Å². The summed E-state index contributed by atoms with van der Waals surface area (Å²) in [5.41, 5.74) is 1.60. The number of hydrogen-bond donors (Lipinski definition) is 1. The van der Waals surface area contributed by atoms with E-state index in [0.29, 0.717) is 12.1 Å². The van der Waals surface area contributed by atoms with Crippen LogP contribution in [0.2, 0.25) is 0 Å². The third-order valence-corrected chi connectivity index (χ3v) is 3.56. The van der Waals surface area contributed by atoms with E-state index in [2.05, 4.69) is 0 Å². The SMILES string of the molecule is CC1C(=O)N(c2ccc(CCO)cc2)C(=O)C1C. The van der Waals surface area contributed by atoms with E-state index in [1.807, 2.05) is 12.1 Å². The molecule has 1 aliphatic rings. The molecule has 0 aromatic heterocycles. The van der Waals surface area contributed by atoms with E-state index in [0.717, 1.165) is 5.56 Å². The maximum atomic E-state index is 12.0. The van der Waals surface area contributed by atoms with E-state index in [1.54, 1.807) is 26.0 Å². The van der Waals surface area contributed by atoms with E-state index in [4.69, 9.17) is 5.11 Å². The number of aliphatic hydroxyl groups is 1. The van der Waals surface area contributed by atoms with Gasteiger partial charge in [-0.15, -0.1) is 0 Å². The first-order valence-electron chi connectivity index (χ1n) is 6.14. The van der Waals surface area contributed by atoms with Gasteiger partial charge >= 0.3 is 0 Å². The number of imide groups is 1. The lowest BCUT2D eigenvalue weighted by molar-refractivity contribution is -0.122. The zero-order valence-electron chi connectivity index (χ0n) is 10.6. The normalized spacial score (nSPS) is 23.8. The fourth-order valence-electron chi connectivity index (χ4n) is 2.14. The minimum Gasteiger partial charge on any atom is -0.396 e. The molecule has 1 fully saturated rings. The Morgan fingerprint density at radius 3 is 2.00 bits per heavy atom. The van der Waals surface area contributed by atoms with Crippen LogP contribution in [0.15, 0.2) is 24.3 Å². The van der Waals surface area contributed by atoms with Crippen LogP contribution >= 0.6 is 0 Å². The molecule has 18 heavy (non-hydrogen) atoms. The molecule has 96 valence electrons. The summed E-state index contributed by atoms with van der Waals surface area (Å²) in [7, 11) is 0. The Labute approximate surface area is 106 Å². The van der Waals surface area contributed by atoms with Gasteiger partial charge in [0.1, 0.15) is 0 Å². The standard InChI is InChI=1S/C14H17NO3/c1-9-10(2)14(18)15(13(9)17)12-5-3-11(4-6-12)7-8-16/h3-6,9-10,16H,7-8H2,1-2H3. The highest BCUT2D eigenvalue weighted by atomic mass is 16.3. The number of hydrogen-bond acceptors (Lipinski definition) is 3. The first-order valence-corrected chi connectivity index (χ1v) is 6.14. The second-order valence-electron chi connectivity index (χ2n) is 4.73. The van der Waals surface area contributed by atoms with Crippen molar-refractivity contribution in [1.82, 2.24) is 0 Å². The second kappa shape index (κ2) is 4.90. The molecular weight excluding hydrogens is 230 g/mol. The molecular formula is C14H17NO3. The molecule has 1 aromatic rings. The van der Waals surface area contributed by atoms with Gasteiger partial charge in [0, 0.05) is 18.4 Å². The molecule has 4 nitrogen and oxygen atoms in total. The fraction of sp³-hybridized carbons (Fsp3) is 0.429. The van der Waals surface area contributed by atoms with Gasteiger partial charge in [0.15, 0.2) is 0 Å². The number of amides is 2. The number of aliphatic hydroxyl groups excluding tert-OH is 1. The van der Waals surface area contributed by atoms with Crippen molar-refractivity contribution in [3.63, 3.8) is 0 Å². The molecule has 1 aliphatic heterocycles. The third-order valence-electron chi connectivity index (χ3n) is 3.56. The summed E-state index contributed by atoms with van der Waals surface area (Å²) in [4.78, 5) is 25.3. The van der Waals surface area contributed by atoms with Gasteiger partial charge in [0.05, 0.1) is 5.69 Å². The highest BCUT2D eigenvalue weighted by Gasteiger charge is 2.42. The van der Waals surface area contributed by atoms with E-state index in [-0.39, 0.29) is 30.3 Å². The van der Waals surface area contributed by atoms with Crippen molar-refractivity contribution in [3.05, 3.63) is 29.8 Å². The lowest BCUT2D eigenvalue weighted by Crippen LogP contribution is -2.30. The highest BCUT2D eigenvalue weighted by Crippen LogP contribution is 2.30. The van der Waals surface area contributed by atoms with Gasteiger partial charge in [0.2, 0.25) is 11.8 Å². The van der Waals surface area contributed by atoms with Crippen LogP contribution in [0.25, 0.3) is 0 Å². The molecule has 2 atom stereocenters. The molecule has 2 rings (SSSR count). The zero-order chi connectivity index (χ0) is 13.3. The first-order chi connectivity index (χ1) is 8.56. The van der Waals surface area contributed by atoms with Gasteiger partial charge in [-0.1, -0.05) is 26.0 Å². The van der Waals surface area contributed by atoms with Gasteiger partial charge in [-0.05, 0) is 24.1 Å². The number of carbonyl (C=O) groups is 2. The van der Waals surface area contributed by atoms with Gasteiger partial charge < -0.3 is 5.11 Å². The lowest BCUT2D eigenvalue weighted by atomic mass is 10.00. The van der Waals surface area contributed by atoms with Crippen molar-refractivity contribution < 1.29 is 14.7 Å². The van der Waals surface area contributed by atoms with Gasteiger partial charge in [-0.3, -0.25) is 14.5 Å². The smallest absolute Gasteiger partial charge is 0.237 e. The number of nitrogens with zero attached hydrogens (tertiary/aromatic N) is 1. The quantitative estimate of drug-likeness (QED) is 0.821. The minimum atomic E-state index is -0.255. The molecule has 1 saturated heterocycles. The van der Waals surface area contributed by atoms with Crippen LogP contribution in [0.3, 0.4) is 0 Å². The highest BCUT2D eigenvalue weighted by molar-refractivity contribution is 6.21. The fourth-order valence-corrected chi connectivity index (χ4v) is 2.14. The van der Waals surface area contributed by atoms with Crippen molar-refractivity contribution in [2.24, 2.45) is 11.8 Å². The van der Waals surface area contributed by atoms with Crippen LogP contribution in [0.4, 0.5) is 5.69 Å². The summed E-state index contributed by atoms with van der Waals surface area (Å²) < 4.78 is 0. The Bertz CT molecular complexity index is 446. The van der Waals surface area contributed by atoms with E-state index < -0.39 is 0 Å². The Morgan fingerprint density at radius 2 is 1.56 bits per heavy atom. The molecule has 1 aromatic carbocycles. The first kappa shape index (κ1) is 12.8. The van der Waals surface area contributed by atoms with Crippen molar-refractivity contribution >= 4 is 17.5 Å². The maximum absolute atomic E-state index is 12.0. The van der Waals surface area contributed by atoms with E-state index >= 15 is 0 Å². The van der Waals surface area contributed by atoms with Crippen molar-refractivity contribution in [2.45, 2.75) is 20.3 Å². The number of rotatable bonds is 3. The Balaban J connectivity index is 2.26. The molecule has 1 heterocycles. The topological polar surface area (TPSA) is 57.6 Å². The molecule has 2 unspecified atom stereocenters. The van der Waals surface area contributed by atoms with Crippen LogP contribution in [0.1, 0.15) is 19.4 Å². The van der Waals surface area contributed by atoms with Crippen molar-refractivity contribution in [1.29, 1.82) is 0 Å². The van der Waals surface area contributed by atoms with Crippen molar-refractivity contribution in [3.8, 4) is 0 Å². The lowest BCUT2D eigenvalue weighted by Gasteiger charge is -2.14. The largest absolute Gasteiger partial charge is 0.396 e. The number of benzene rings is 1. The zero-order valence-corrected chi connectivity index (χ0v) is 10.6. The average Bonchev–Trinajstić information content (AvgIpc) is 2.56. The van der Waals surface area contributed by atoms with Crippen LogP contribution in [0.5, 0.6) is 0 Å². The van der Waals surface area contributed by atoms with E-state index in [9.17, 15) is 9.59 Å². The summed E-state index contributed by atoms with van der Waals surface area (Å²) in [6.45, 7) is 3.66. The number of carbonyl (C=O) groups excluding carboxylic acids is 2. The minimum absolute atomic E-state index is 0.0923. The summed E-state index contributed by atoms with van der Waals surface area (Å²) in [5, 5.41) is 8.84. The molecule has 0 radical (unpaired) electrons.